The van der Waals surface area contributed by atoms with Gasteiger partial charge in [0.05, 0.1) is 0 Å². The molecule has 98 valence electrons. The lowest BCUT2D eigenvalue weighted by atomic mass is 10.2. The van der Waals surface area contributed by atoms with Gasteiger partial charge in [-0.3, -0.25) is 10.2 Å². The molecule has 1 aromatic heterocycles. The first-order valence-electron chi connectivity index (χ1n) is 5.63. The zero-order valence-electron chi connectivity index (χ0n) is 10.3. The third kappa shape index (κ3) is 3.35. The molecule has 0 bridgehead atoms. The lowest BCUT2D eigenvalue weighted by Gasteiger charge is -2.02. The number of hydrogen-bond donors (Lipinski definition) is 3. The predicted molar refractivity (Wildman–Crippen MR) is 71.0 cm³/mol. The number of hydrogen-bond acceptors (Lipinski definition) is 3. The molecule has 6 heteroatoms. The van der Waals surface area contributed by atoms with Crippen LogP contribution in [0.4, 0.5) is 4.79 Å². The van der Waals surface area contributed by atoms with Crippen LogP contribution in [-0.2, 0) is 4.79 Å². The highest BCUT2D eigenvalue weighted by atomic mass is 16.3. The standard InChI is InChI=1S/C13H13N3O3/c1-14-13(18)16-15-12(17)7-6-10-8-9-4-2-3-5-11(9)19-10/h2-8H,1H3,(H,15,17)(H2,14,16,18). The lowest BCUT2D eigenvalue weighted by molar-refractivity contribution is -0.117. The molecule has 0 fully saturated rings. The van der Waals surface area contributed by atoms with Gasteiger partial charge >= 0.3 is 6.03 Å². The molecular formula is C13H13N3O3. The van der Waals surface area contributed by atoms with E-state index >= 15 is 0 Å². The molecule has 0 radical (unpaired) electrons. The largest absolute Gasteiger partial charge is 0.457 e. The van der Waals surface area contributed by atoms with E-state index in [0.29, 0.717) is 5.76 Å². The van der Waals surface area contributed by atoms with Gasteiger partial charge in [-0.2, -0.15) is 0 Å². The van der Waals surface area contributed by atoms with E-state index in [9.17, 15) is 9.59 Å². The Balaban J connectivity index is 1.98. The van der Waals surface area contributed by atoms with Crippen LogP contribution in [0.5, 0.6) is 0 Å². The van der Waals surface area contributed by atoms with E-state index < -0.39 is 11.9 Å². The van der Waals surface area contributed by atoms with Crippen LogP contribution in [0.15, 0.2) is 40.8 Å². The van der Waals surface area contributed by atoms with Crippen LogP contribution in [0, 0.1) is 0 Å². The van der Waals surface area contributed by atoms with Gasteiger partial charge in [0.1, 0.15) is 11.3 Å². The highest BCUT2D eigenvalue weighted by Crippen LogP contribution is 2.19. The summed E-state index contributed by atoms with van der Waals surface area (Å²) in [6, 6.07) is 8.88. The van der Waals surface area contributed by atoms with E-state index in [2.05, 4.69) is 16.2 Å². The minimum Gasteiger partial charge on any atom is -0.457 e. The highest BCUT2D eigenvalue weighted by Gasteiger charge is 2.01. The molecule has 0 aliphatic rings. The number of para-hydroxylation sites is 1. The van der Waals surface area contributed by atoms with Gasteiger partial charge in [0.25, 0.3) is 5.91 Å². The zero-order chi connectivity index (χ0) is 13.7. The molecule has 0 saturated heterocycles. The van der Waals surface area contributed by atoms with E-state index in [1.807, 2.05) is 30.3 Å². The molecule has 19 heavy (non-hydrogen) atoms. The van der Waals surface area contributed by atoms with Gasteiger partial charge in [-0.25, -0.2) is 10.2 Å². The molecule has 0 spiro atoms. The van der Waals surface area contributed by atoms with Gasteiger partial charge < -0.3 is 9.73 Å². The topological polar surface area (TPSA) is 83.4 Å². The zero-order valence-corrected chi connectivity index (χ0v) is 10.3. The van der Waals surface area contributed by atoms with Crippen molar-refractivity contribution in [1.29, 1.82) is 0 Å². The molecule has 0 aliphatic heterocycles. The molecule has 6 nitrogen and oxygen atoms in total. The molecule has 2 aromatic rings. The maximum absolute atomic E-state index is 11.4. The molecule has 3 N–H and O–H groups in total. The summed E-state index contributed by atoms with van der Waals surface area (Å²) in [6.07, 6.45) is 2.80. The number of fused-ring (bicyclic) bond motifs is 1. The van der Waals surface area contributed by atoms with Crippen LogP contribution in [-0.4, -0.2) is 19.0 Å². The number of urea groups is 1. The normalized spacial score (nSPS) is 10.6. The van der Waals surface area contributed by atoms with Crippen molar-refractivity contribution in [3.63, 3.8) is 0 Å². The first-order chi connectivity index (χ1) is 9.19. The summed E-state index contributed by atoms with van der Waals surface area (Å²) in [5, 5.41) is 3.27. The minimum absolute atomic E-state index is 0.455. The average molecular weight is 259 g/mol. The van der Waals surface area contributed by atoms with Crippen LogP contribution < -0.4 is 16.2 Å². The van der Waals surface area contributed by atoms with E-state index in [1.54, 1.807) is 0 Å². The van der Waals surface area contributed by atoms with Gasteiger partial charge in [0, 0.05) is 18.5 Å². The van der Waals surface area contributed by atoms with Gasteiger partial charge in [-0.15, -0.1) is 0 Å². The number of rotatable bonds is 2. The van der Waals surface area contributed by atoms with E-state index in [4.69, 9.17) is 4.42 Å². The third-order valence-electron chi connectivity index (χ3n) is 2.37. The first kappa shape index (κ1) is 12.7. The fourth-order valence-corrected chi connectivity index (χ4v) is 1.46. The van der Waals surface area contributed by atoms with Crippen LogP contribution in [0.2, 0.25) is 0 Å². The van der Waals surface area contributed by atoms with Gasteiger partial charge in [-0.1, -0.05) is 18.2 Å². The maximum Gasteiger partial charge on any atom is 0.333 e. The van der Waals surface area contributed by atoms with Crippen molar-refractivity contribution in [2.24, 2.45) is 0 Å². The summed E-state index contributed by atoms with van der Waals surface area (Å²) in [5.74, 6) is 0.111. The van der Waals surface area contributed by atoms with Crippen molar-refractivity contribution in [2.75, 3.05) is 7.05 Å². The van der Waals surface area contributed by atoms with Crippen molar-refractivity contribution < 1.29 is 14.0 Å². The van der Waals surface area contributed by atoms with Gasteiger partial charge in [0.2, 0.25) is 0 Å². The van der Waals surface area contributed by atoms with E-state index in [-0.39, 0.29) is 0 Å². The quantitative estimate of drug-likeness (QED) is 0.563. The minimum atomic E-state index is -0.495. The molecule has 3 amide bonds. The summed E-state index contributed by atoms with van der Waals surface area (Å²) in [4.78, 5) is 22.2. The molecule has 1 heterocycles. The Morgan fingerprint density at radius 1 is 1.21 bits per heavy atom. The Hall–Kier alpha value is -2.76. The third-order valence-corrected chi connectivity index (χ3v) is 2.37. The Morgan fingerprint density at radius 3 is 2.74 bits per heavy atom. The van der Waals surface area contributed by atoms with Crippen molar-refractivity contribution in [1.82, 2.24) is 16.2 Å². The Labute approximate surface area is 109 Å². The maximum atomic E-state index is 11.4. The fraction of sp³-hybridized carbons (Fsp3) is 0.0769. The van der Waals surface area contributed by atoms with Crippen LogP contribution in [0.3, 0.4) is 0 Å². The second-order valence-corrected chi connectivity index (χ2v) is 3.71. The molecule has 0 aliphatic carbocycles. The SMILES string of the molecule is CNC(=O)NNC(=O)C=Cc1cc2ccccc2o1. The van der Waals surface area contributed by atoms with Crippen molar-refractivity contribution in [3.05, 3.63) is 42.2 Å². The Bertz CT molecular complexity index is 598. The summed E-state index contributed by atoms with van der Waals surface area (Å²) in [5.41, 5.74) is 5.13. The number of nitrogens with one attached hydrogen (secondary N) is 3. The van der Waals surface area contributed by atoms with Crippen LogP contribution in [0.1, 0.15) is 5.76 Å². The highest BCUT2D eigenvalue weighted by molar-refractivity contribution is 5.93. The Morgan fingerprint density at radius 2 is 2.00 bits per heavy atom. The summed E-state index contributed by atoms with van der Waals surface area (Å²) < 4.78 is 5.50. The molecular weight excluding hydrogens is 246 g/mol. The number of carbonyl (C=O) groups is 2. The summed E-state index contributed by atoms with van der Waals surface area (Å²) >= 11 is 0. The van der Waals surface area contributed by atoms with Crippen molar-refractivity contribution in [2.45, 2.75) is 0 Å². The predicted octanol–water partition coefficient (Wildman–Crippen LogP) is 1.41. The number of amides is 3. The average Bonchev–Trinajstić information content (AvgIpc) is 2.85. The molecule has 0 atom stereocenters. The summed E-state index contributed by atoms with van der Waals surface area (Å²) in [6.45, 7) is 0. The second kappa shape index (κ2) is 5.72. The van der Waals surface area contributed by atoms with Crippen molar-refractivity contribution in [3.8, 4) is 0 Å². The summed E-state index contributed by atoms with van der Waals surface area (Å²) in [7, 11) is 1.45. The fourth-order valence-electron chi connectivity index (χ4n) is 1.46. The second-order valence-electron chi connectivity index (χ2n) is 3.71. The molecule has 2 rings (SSSR count). The number of hydrazine groups is 1. The Kier molecular flexibility index (Phi) is 3.82. The van der Waals surface area contributed by atoms with Crippen molar-refractivity contribution >= 4 is 29.0 Å². The number of benzene rings is 1. The van der Waals surface area contributed by atoms with E-state index in [0.717, 1.165) is 11.0 Å². The lowest BCUT2D eigenvalue weighted by Crippen LogP contribution is -2.45. The molecule has 1 aromatic carbocycles. The number of carbonyl (C=O) groups excluding carboxylic acids is 2. The van der Waals surface area contributed by atoms with Gasteiger partial charge in [0.15, 0.2) is 0 Å². The van der Waals surface area contributed by atoms with Gasteiger partial charge in [-0.05, 0) is 18.2 Å². The molecule has 0 saturated carbocycles. The van der Waals surface area contributed by atoms with Crippen LogP contribution in [0.25, 0.3) is 17.0 Å². The monoisotopic (exact) mass is 259 g/mol. The van der Waals surface area contributed by atoms with Crippen LogP contribution >= 0.6 is 0 Å². The van der Waals surface area contributed by atoms with E-state index in [1.165, 1.54) is 19.2 Å². The smallest absolute Gasteiger partial charge is 0.333 e. The number of furan rings is 1. The first-order valence-corrected chi connectivity index (χ1v) is 5.63. The molecule has 0 unspecified atom stereocenters.